The van der Waals surface area contributed by atoms with Gasteiger partial charge in [-0.25, -0.2) is 4.98 Å². The third kappa shape index (κ3) is 3.03. The number of hydrogen-bond donors (Lipinski definition) is 1. The van der Waals surface area contributed by atoms with E-state index in [1.54, 1.807) is 11.3 Å². The number of nitrogens with two attached hydrogens (primary N) is 1. The molecule has 2 atom stereocenters. The highest BCUT2D eigenvalue weighted by Crippen LogP contribution is 2.20. The molecule has 0 radical (unpaired) electrons. The van der Waals surface area contributed by atoms with Crippen LogP contribution in [0.5, 0.6) is 0 Å². The molecule has 4 heteroatoms. The zero-order chi connectivity index (χ0) is 11.5. The van der Waals surface area contributed by atoms with Crippen molar-refractivity contribution in [3.8, 4) is 0 Å². The highest BCUT2D eigenvalue weighted by Gasteiger charge is 2.17. The van der Waals surface area contributed by atoms with Crippen molar-refractivity contribution in [2.24, 2.45) is 11.7 Å². The monoisotopic (exact) mass is 239 g/mol. The molecule has 1 fully saturated rings. The van der Waals surface area contributed by atoms with Crippen molar-refractivity contribution >= 4 is 11.3 Å². The maximum atomic E-state index is 5.82. The van der Waals surface area contributed by atoms with E-state index in [1.165, 1.54) is 31.6 Å². The molecule has 1 aliphatic rings. The molecule has 0 amide bonds. The van der Waals surface area contributed by atoms with Crippen molar-refractivity contribution in [1.82, 2.24) is 9.88 Å². The van der Waals surface area contributed by atoms with E-state index in [4.69, 9.17) is 5.73 Å². The molecule has 0 aliphatic carbocycles. The summed E-state index contributed by atoms with van der Waals surface area (Å²) >= 11 is 1.68. The van der Waals surface area contributed by atoms with Crippen LogP contribution in [-0.4, -0.2) is 23.0 Å². The third-order valence-corrected chi connectivity index (χ3v) is 4.18. The fourth-order valence-electron chi connectivity index (χ4n) is 2.26. The summed E-state index contributed by atoms with van der Waals surface area (Å²) in [6, 6.07) is 0.0685. The van der Waals surface area contributed by atoms with Crippen molar-refractivity contribution in [1.29, 1.82) is 0 Å². The van der Waals surface area contributed by atoms with Crippen LogP contribution in [0.1, 0.15) is 43.4 Å². The quantitative estimate of drug-likeness (QED) is 0.880. The van der Waals surface area contributed by atoms with Crippen LogP contribution in [0.2, 0.25) is 0 Å². The first-order valence-corrected chi connectivity index (χ1v) is 6.95. The highest BCUT2D eigenvalue weighted by atomic mass is 32.1. The molecule has 1 aromatic heterocycles. The second-order valence-corrected chi connectivity index (χ2v) is 5.84. The maximum absolute atomic E-state index is 5.82. The number of thiazole rings is 1. The number of aromatic nitrogens is 1. The van der Waals surface area contributed by atoms with Crippen LogP contribution >= 0.6 is 11.3 Å². The van der Waals surface area contributed by atoms with Crippen LogP contribution in [0.3, 0.4) is 0 Å². The molecule has 3 nitrogen and oxygen atoms in total. The summed E-state index contributed by atoms with van der Waals surface area (Å²) in [5.41, 5.74) is 7.00. The van der Waals surface area contributed by atoms with Gasteiger partial charge in [0, 0.05) is 18.5 Å². The van der Waals surface area contributed by atoms with Gasteiger partial charge >= 0.3 is 0 Å². The van der Waals surface area contributed by atoms with Gasteiger partial charge in [-0.3, -0.25) is 4.90 Å². The van der Waals surface area contributed by atoms with E-state index in [9.17, 15) is 0 Å². The van der Waals surface area contributed by atoms with Crippen molar-refractivity contribution in [2.45, 2.75) is 39.3 Å². The van der Waals surface area contributed by atoms with E-state index in [2.05, 4.69) is 22.2 Å². The molecule has 0 bridgehead atoms. The van der Waals surface area contributed by atoms with E-state index in [0.717, 1.165) is 17.5 Å². The average molecular weight is 239 g/mol. The van der Waals surface area contributed by atoms with Crippen molar-refractivity contribution in [3.05, 3.63) is 16.1 Å². The first-order chi connectivity index (χ1) is 7.65. The molecular formula is C12H21N3S. The minimum absolute atomic E-state index is 0.0685. The molecule has 16 heavy (non-hydrogen) atoms. The molecular weight excluding hydrogens is 218 g/mol. The van der Waals surface area contributed by atoms with Crippen molar-refractivity contribution < 1.29 is 0 Å². The van der Waals surface area contributed by atoms with Crippen LogP contribution in [0.15, 0.2) is 5.38 Å². The summed E-state index contributed by atoms with van der Waals surface area (Å²) in [6.45, 7) is 7.75. The Morgan fingerprint density at radius 3 is 3.12 bits per heavy atom. The summed E-state index contributed by atoms with van der Waals surface area (Å²) in [5, 5.41) is 3.21. The number of nitrogens with zero attached hydrogens (tertiary/aromatic N) is 2. The Bertz CT molecular complexity index is 335. The normalized spacial score (nSPS) is 24.6. The fourth-order valence-corrected chi connectivity index (χ4v) is 3.03. The first-order valence-electron chi connectivity index (χ1n) is 6.07. The molecule has 0 spiro atoms. The van der Waals surface area contributed by atoms with E-state index in [-0.39, 0.29) is 6.04 Å². The standard InChI is InChI=1S/C12H21N3S/c1-9-4-3-5-15(6-9)7-11-8-16-12(14-11)10(2)13/h8-10H,3-7,13H2,1-2H3. The molecule has 0 aromatic carbocycles. The Hall–Kier alpha value is -0.450. The molecule has 1 aliphatic heterocycles. The van der Waals surface area contributed by atoms with E-state index < -0.39 is 0 Å². The Labute approximate surface area is 102 Å². The van der Waals surface area contributed by atoms with Gasteiger partial charge in [-0.2, -0.15) is 0 Å². The molecule has 90 valence electrons. The summed E-state index contributed by atoms with van der Waals surface area (Å²) < 4.78 is 0. The number of rotatable bonds is 3. The second kappa shape index (κ2) is 5.25. The molecule has 0 saturated carbocycles. The van der Waals surface area contributed by atoms with Crippen LogP contribution in [0.25, 0.3) is 0 Å². The lowest BCUT2D eigenvalue weighted by Crippen LogP contribution is -2.33. The molecule has 2 rings (SSSR count). The maximum Gasteiger partial charge on any atom is 0.109 e. The molecule has 1 aromatic rings. The van der Waals surface area contributed by atoms with Gasteiger partial charge in [-0.05, 0) is 32.2 Å². The van der Waals surface area contributed by atoms with Crippen molar-refractivity contribution in [2.75, 3.05) is 13.1 Å². The van der Waals surface area contributed by atoms with Gasteiger partial charge in [0.05, 0.1) is 11.7 Å². The van der Waals surface area contributed by atoms with Gasteiger partial charge in [0.2, 0.25) is 0 Å². The lowest BCUT2D eigenvalue weighted by atomic mass is 10.0. The molecule has 2 N–H and O–H groups in total. The van der Waals surface area contributed by atoms with E-state index >= 15 is 0 Å². The molecule has 1 saturated heterocycles. The fraction of sp³-hybridized carbons (Fsp3) is 0.750. The largest absolute Gasteiger partial charge is 0.322 e. The second-order valence-electron chi connectivity index (χ2n) is 4.95. The van der Waals surface area contributed by atoms with Gasteiger partial charge in [-0.15, -0.1) is 11.3 Å². The Balaban J connectivity index is 1.92. The number of piperidine rings is 1. The van der Waals surface area contributed by atoms with Gasteiger partial charge in [0.1, 0.15) is 5.01 Å². The Morgan fingerprint density at radius 2 is 2.50 bits per heavy atom. The number of hydrogen-bond acceptors (Lipinski definition) is 4. The van der Waals surface area contributed by atoms with Gasteiger partial charge in [0.25, 0.3) is 0 Å². The Kier molecular flexibility index (Phi) is 3.95. The highest BCUT2D eigenvalue weighted by molar-refractivity contribution is 7.09. The van der Waals surface area contributed by atoms with Gasteiger partial charge in [0.15, 0.2) is 0 Å². The van der Waals surface area contributed by atoms with E-state index in [1.807, 2.05) is 6.92 Å². The predicted octanol–water partition coefficient (Wildman–Crippen LogP) is 2.39. The average Bonchev–Trinajstić information content (AvgIpc) is 2.66. The first kappa shape index (κ1) is 12.0. The molecule has 2 unspecified atom stereocenters. The third-order valence-electron chi connectivity index (χ3n) is 3.09. The van der Waals surface area contributed by atoms with Crippen LogP contribution < -0.4 is 5.73 Å². The zero-order valence-corrected chi connectivity index (χ0v) is 11.0. The minimum atomic E-state index is 0.0685. The predicted molar refractivity (Wildman–Crippen MR) is 68.4 cm³/mol. The van der Waals surface area contributed by atoms with Gasteiger partial charge in [-0.1, -0.05) is 6.92 Å². The van der Waals surface area contributed by atoms with Crippen LogP contribution in [0.4, 0.5) is 0 Å². The van der Waals surface area contributed by atoms with Crippen LogP contribution in [0, 0.1) is 5.92 Å². The summed E-state index contributed by atoms with van der Waals surface area (Å²) in [4.78, 5) is 7.09. The molecule has 2 heterocycles. The Morgan fingerprint density at radius 1 is 1.69 bits per heavy atom. The summed E-state index contributed by atoms with van der Waals surface area (Å²) in [6.07, 6.45) is 2.70. The topological polar surface area (TPSA) is 42.1 Å². The number of likely N-dealkylation sites (tertiary alicyclic amines) is 1. The lowest BCUT2D eigenvalue weighted by molar-refractivity contribution is 0.175. The minimum Gasteiger partial charge on any atom is -0.322 e. The summed E-state index contributed by atoms with van der Waals surface area (Å²) in [7, 11) is 0. The zero-order valence-electron chi connectivity index (χ0n) is 10.1. The van der Waals surface area contributed by atoms with Crippen molar-refractivity contribution in [3.63, 3.8) is 0 Å². The van der Waals surface area contributed by atoms with E-state index in [0.29, 0.717) is 0 Å². The van der Waals surface area contributed by atoms with Gasteiger partial charge < -0.3 is 5.73 Å². The SMILES string of the molecule is CC1CCCN(Cc2csc(C(C)N)n2)C1. The summed E-state index contributed by atoms with van der Waals surface area (Å²) in [5.74, 6) is 0.834. The van der Waals surface area contributed by atoms with Crippen LogP contribution in [-0.2, 0) is 6.54 Å². The lowest BCUT2D eigenvalue weighted by Gasteiger charge is -2.30. The smallest absolute Gasteiger partial charge is 0.109 e.